The summed E-state index contributed by atoms with van der Waals surface area (Å²) in [6.07, 6.45) is 3.33. The summed E-state index contributed by atoms with van der Waals surface area (Å²) in [6, 6.07) is 2.98. The molecule has 0 bridgehead atoms. The van der Waals surface area contributed by atoms with Gasteiger partial charge in [-0.3, -0.25) is 29.4 Å². The number of primary amides is 1. The number of carbonyl (C=O) groups excluding carboxylic acids is 5. The second-order valence-electron chi connectivity index (χ2n) is 8.69. The molecule has 2 aliphatic rings. The van der Waals surface area contributed by atoms with Crippen LogP contribution in [0, 0.1) is 10.1 Å². The number of benzene rings is 1. The molecule has 0 spiro atoms. The van der Waals surface area contributed by atoms with Crippen molar-refractivity contribution in [1.82, 2.24) is 10.2 Å². The quantitative estimate of drug-likeness (QED) is 0.181. The Kier molecular flexibility index (Phi) is 10.0. The van der Waals surface area contributed by atoms with Crippen LogP contribution < -0.4 is 11.1 Å². The van der Waals surface area contributed by atoms with Gasteiger partial charge in [0.25, 0.3) is 5.69 Å². The largest absolute Gasteiger partial charge is 0.488 e. The lowest BCUT2D eigenvalue weighted by Gasteiger charge is -2.28. The van der Waals surface area contributed by atoms with Crippen molar-refractivity contribution in [2.24, 2.45) is 5.73 Å². The summed E-state index contributed by atoms with van der Waals surface area (Å²) in [7, 11) is 0. The number of nitrogens with one attached hydrogen (secondary N) is 1. The summed E-state index contributed by atoms with van der Waals surface area (Å²) in [5, 5.41) is 12.8. The fourth-order valence-electron chi connectivity index (χ4n) is 4.16. The fourth-order valence-corrected chi connectivity index (χ4v) is 5.14. The molecule has 1 heterocycles. The minimum Gasteiger partial charge on any atom is -0.488 e. The van der Waals surface area contributed by atoms with Crippen LogP contribution in [0.2, 0.25) is 0 Å². The van der Waals surface area contributed by atoms with Gasteiger partial charge in [-0.2, -0.15) is 0 Å². The molecule has 40 heavy (non-hydrogen) atoms. The molecule has 13 nitrogen and oxygen atoms in total. The lowest BCUT2D eigenvalue weighted by atomic mass is 9.92. The number of rotatable bonds is 10. The third-order valence-corrected chi connectivity index (χ3v) is 6.97. The van der Waals surface area contributed by atoms with Gasteiger partial charge in [0, 0.05) is 36.4 Å². The van der Waals surface area contributed by atoms with E-state index >= 15 is 0 Å². The maximum absolute atomic E-state index is 13.5. The first-order valence-electron chi connectivity index (χ1n) is 11.9. The predicted molar refractivity (Wildman–Crippen MR) is 143 cm³/mol. The van der Waals surface area contributed by atoms with E-state index in [1.165, 1.54) is 49.4 Å². The molecule has 3 atom stereocenters. The number of non-ortho nitro benzene ring substituents is 1. The number of hydrogen-bond donors (Lipinski definition) is 2. The second-order valence-corrected chi connectivity index (χ2v) is 10.2. The van der Waals surface area contributed by atoms with Crippen LogP contribution in [0.3, 0.4) is 0 Å². The van der Waals surface area contributed by atoms with Crippen molar-refractivity contribution >= 4 is 46.4 Å². The van der Waals surface area contributed by atoms with E-state index in [9.17, 15) is 34.1 Å². The van der Waals surface area contributed by atoms with Gasteiger partial charge in [-0.25, -0.2) is 9.59 Å². The molecule has 1 aliphatic carbocycles. The average molecular weight is 571 g/mol. The maximum atomic E-state index is 13.5. The van der Waals surface area contributed by atoms with Gasteiger partial charge in [0.05, 0.1) is 11.0 Å². The van der Waals surface area contributed by atoms with E-state index in [0.717, 1.165) is 16.7 Å². The van der Waals surface area contributed by atoms with Gasteiger partial charge in [-0.1, -0.05) is 24.4 Å². The van der Waals surface area contributed by atoms with Crippen molar-refractivity contribution in [3.8, 4) is 0 Å². The van der Waals surface area contributed by atoms with Gasteiger partial charge in [0.15, 0.2) is 5.12 Å². The zero-order valence-electron chi connectivity index (χ0n) is 21.4. The molecule has 0 saturated carbocycles. The van der Waals surface area contributed by atoms with Crippen molar-refractivity contribution in [2.45, 2.75) is 37.3 Å². The Bertz CT molecular complexity index is 1330. The number of allylic oxidation sites excluding steroid dienone is 2. The summed E-state index contributed by atoms with van der Waals surface area (Å²) in [5.74, 6) is 0.125. The number of nitro benzene ring substituents is 1. The normalized spacial score (nSPS) is 20.0. The highest BCUT2D eigenvalue weighted by molar-refractivity contribution is 8.14. The van der Waals surface area contributed by atoms with Crippen LogP contribution >= 0.6 is 11.8 Å². The third kappa shape index (κ3) is 7.24. The highest BCUT2D eigenvalue weighted by Crippen LogP contribution is 2.30. The second kappa shape index (κ2) is 13.4. The van der Waals surface area contributed by atoms with Gasteiger partial charge in [-0.15, -0.1) is 0 Å². The van der Waals surface area contributed by atoms with Gasteiger partial charge < -0.3 is 20.5 Å². The van der Waals surface area contributed by atoms with Crippen molar-refractivity contribution in [1.29, 1.82) is 0 Å². The van der Waals surface area contributed by atoms with E-state index < -0.39 is 40.2 Å². The molecule has 1 fully saturated rings. The Hall–Kier alpha value is -4.68. The standard InChI is InChI=1S/C26H26N4O9S/c1-3-10-38-22-9-8-19(24(27)33)23(20(22)13-31)28-25(34)21-11-18(40-15(2)32)12-29(21)26(35)39-14-16-4-6-17(7-5-16)30(36)37/h3-9,18,21,23H,1,10-12,14H2,2H3,(H2,27,33)(H,28,34)/t18-,21-,23?/m0/s1. The SMILES string of the molecule is C=CCOC1=CC=C(C(N)=O)C(NC(=O)[C@@H]2C[C@H](SC(C)=O)CN2C(=O)OCc2ccc([N+](=O)[O-])cc2)C1=C=O. The van der Waals surface area contributed by atoms with Crippen LogP contribution in [0.15, 0.2) is 66.0 Å². The monoisotopic (exact) mass is 570 g/mol. The van der Waals surface area contributed by atoms with Crippen molar-refractivity contribution in [3.63, 3.8) is 0 Å². The van der Waals surface area contributed by atoms with Crippen LogP contribution in [0.4, 0.5) is 10.5 Å². The van der Waals surface area contributed by atoms with Gasteiger partial charge in [0.1, 0.15) is 36.5 Å². The molecular formula is C26H26N4O9S. The molecule has 1 aromatic rings. The van der Waals surface area contributed by atoms with Crippen LogP contribution in [0.1, 0.15) is 18.9 Å². The van der Waals surface area contributed by atoms with Crippen LogP contribution in [0.25, 0.3) is 0 Å². The molecule has 0 aromatic heterocycles. The minimum absolute atomic E-state index is 0.00852. The molecule has 1 aliphatic heterocycles. The molecule has 3 amide bonds. The number of carbonyl (C=O) groups is 4. The number of ether oxygens (including phenoxy) is 2. The number of nitrogens with two attached hydrogens (primary N) is 1. The van der Waals surface area contributed by atoms with E-state index in [2.05, 4.69) is 11.9 Å². The highest BCUT2D eigenvalue weighted by atomic mass is 32.2. The van der Waals surface area contributed by atoms with Gasteiger partial charge >= 0.3 is 6.09 Å². The lowest BCUT2D eigenvalue weighted by molar-refractivity contribution is -0.384. The smallest absolute Gasteiger partial charge is 0.410 e. The number of amides is 3. The molecule has 0 radical (unpaired) electrons. The third-order valence-electron chi connectivity index (χ3n) is 5.96. The zero-order chi connectivity index (χ0) is 29.4. The fraction of sp³-hybridized carbons (Fsp3) is 0.308. The Morgan fingerprint density at radius 3 is 2.55 bits per heavy atom. The molecular weight excluding hydrogens is 544 g/mol. The molecule has 3 rings (SSSR count). The van der Waals surface area contributed by atoms with Crippen LogP contribution in [0.5, 0.6) is 0 Å². The van der Waals surface area contributed by atoms with E-state index in [1.807, 2.05) is 0 Å². The molecule has 1 unspecified atom stereocenters. The zero-order valence-corrected chi connectivity index (χ0v) is 22.2. The first-order valence-corrected chi connectivity index (χ1v) is 12.8. The van der Waals surface area contributed by atoms with Crippen LogP contribution in [-0.2, 0) is 35.3 Å². The summed E-state index contributed by atoms with van der Waals surface area (Å²) in [6.45, 7) is 4.72. The summed E-state index contributed by atoms with van der Waals surface area (Å²) < 4.78 is 10.8. The van der Waals surface area contributed by atoms with E-state index in [0.29, 0.717) is 5.56 Å². The summed E-state index contributed by atoms with van der Waals surface area (Å²) >= 11 is 0.965. The minimum atomic E-state index is -1.30. The molecule has 14 heteroatoms. The summed E-state index contributed by atoms with van der Waals surface area (Å²) in [4.78, 5) is 73.6. The average Bonchev–Trinajstić information content (AvgIpc) is 3.33. The van der Waals surface area contributed by atoms with Crippen molar-refractivity contribution < 1.29 is 38.4 Å². The Morgan fingerprint density at radius 1 is 1.27 bits per heavy atom. The number of thioether (sulfide) groups is 1. The first kappa shape index (κ1) is 29.9. The molecule has 1 saturated heterocycles. The maximum Gasteiger partial charge on any atom is 0.410 e. The predicted octanol–water partition coefficient (Wildman–Crippen LogP) is 1.71. The summed E-state index contributed by atoms with van der Waals surface area (Å²) in [5.41, 5.74) is 5.55. The molecule has 3 N–H and O–H groups in total. The van der Waals surface area contributed by atoms with E-state index in [1.54, 1.807) is 5.94 Å². The number of nitro groups is 1. The molecule has 210 valence electrons. The number of nitrogens with zero attached hydrogens (tertiary/aromatic N) is 2. The van der Waals surface area contributed by atoms with Crippen molar-refractivity contribution in [3.05, 3.63) is 81.7 Å². The van der Waals surface area contributed by atoms with Gasteiger partial charge in [-0.05, 0) is 36.3 Å². The number of hydrogen-bond acceptors (Lipinski definition) is 10. The Balaban J connectivity index is 1.80. The van der Waals surface area contributed by atoms with Gasteiger partial charge in [0.2, 0.25) is 11.8 Å². The Morgan fingerprint density at radius 2 is 1.98 bits per heavy atom. The number of likely N-dealkylation sites (tertiary alicyclic amines) is 1. The first-order chi connectivity index (χ1) is 19.0. The molecule has 1 aromatic carbocycles. The van der Waals surface area contributed by atoms with E-state index in [-0.39, 0.29) is 53.9 Å². The van der Waals surface area contributed by atoms with E-state index in [4.69, 9.17) is 15.2 Å². The lowest BCUT2D eigenvalue weighted by Crippen LogP contribution is -2.51. The van der Waals surface area contributed by atoms with Crippen molar-refractivity contribution in [2.75, 3.05) is 13.2 Å². The Labute approximate surface area is 232 Å². The van der Waals surface area contributed by atoms with Crippen LogP contribution in [-0.4, -0.2) is 69.3 Å². The highest BCUT2D eigenvalue weighted by Gasteiger charge is 2.43. The topological polar surface area (TPSA) is 188 Å².